The molecule has 0 unspecified atom stereocenters. The van der Waals surface area contributed by atoms with Gasteiger partial charge in [0.25, 0.3) is 11.8 Å². The van der Waals surface area contributed by atoms with Crippen LogP contribution >= 0.6 is 0 Å². The minimum Gasteiger partial charge on any atom is -0.450 e. The fraction of sp³-hybridized carbons (Fsp3) is 0.250. The fourth-order valence-corrected chi connectivity index (χ4v) is 1.81. The van der Waals surface area contributed by atoms with Gasteiger partial charge in [0.05, 0.1) is 5.69 Å². The number of esters is 1. The van der Waals surface area contributed by atoms with Gasteiger partial charge >= 0.3 is 5.97 Å². The van der Waals surface area contributed by atoms with Crippen LogP contribution < -0.4 is 5.32 Å². The Kier molecular flexibility index (Phi) is 5.31. The highest BCUT2D eigenvalue weighted by Gasteiger charge is 2.15. The Labute approximate surface area is 138 Å². The van der Waals surface area contributed by atoms with Gasteiger partial charge in [-0.3, -0.25) is 9.59 Å². The van der Waals surface area contributed by atoms with Gasteiger partial charge in [-0.15, -0.1) is 0 Å². The Balaban J connectivity index is 1.86. The highest BCUT2D eigenvalue weighted by molar-refractivity contribution is 5.96. The van der Waals surface area contributed by atoms with Crippen LogP contribution in [0.3, 0.4) is 0 Å². The number of nitrogens with zero attached hydrogens (tertiary/aromatic N) is 2. The van der Waals surface area contributed by atoms with E-state index in [0.717, 1.165) is 0 Å². The first kappa shape index (κ1) is 17.2. The van der Waals surface area contributed by atoms with Crippen LogP contribution in [0, 0.1) is 6.92 Å². The van der Waals surface area contributed by atoms with E-state index in [0.29, 0.717) is 16.9 Å². The number of hydrogen-bond donors (Lipinski definition) is 1. The number of benzene rings is 1. The summed E-state index contributed by atoms with van der Waals surface area (Å²) in [6.07, 6.45) is 0. The first-order valence-electron chi connectivity index (χ1n) is 7.09. The maximum Gasteiger partial charge on any atom is 0.377 e. The average Bonchev–Trinajstić information content (AvgIpc) is 2.99. The second-order valence-electron chi connectivity index (χ2n) is 5.23. The average molecular weight is 331 g/mol. The van der Waals surface area contributed by atoms with Gasteiger partial charge in [-0.2, -0.15) is 0 Å². The molecule has 0 radical (unpaired) electrons. The molecule has 0 aliphatic carbocycles. The summed E-state index contributed by atoms with van der Waals surface area (Å²) in [5, 5.41) is 6.12. The zero-order chi connectivity index (χ0) is 17.7. The summed E-state index contributed by atoms with van der Waals surface area (Å²) in [5.74, 6) is -1.47. The van der Waals surface area contributed by atoms with Gasteiger partial charge in [-0.05, 0) is 31.2 Å². The zero-order valence-electron chi connectivity index (χ0n) is 13.5. The highest BCUT2D eigenvalue weighted by Crippen LogP contribution is 2.11. The minimum atomic E-state index is -0.766. The van der Waals surface area contributed by atoms with Crippen molar-refractivity contribution in [2.24, 2.45) is 0 Å². The lowest BCUT2D eigenvalue weighted by Crippen LogP contribution is -2.22. The van der Waals surface area contributed by atoms with Crippen molar-refractivity contribution in [2.75, 3.05) is 26.0 Å². The van der Waals surface area contributed by atoms with Gasteiger partial charge in [0.2, 0.25) is 5.76 Å². The number of hydrogen-bond acceptors (Lipinski definition) is 6. The maximum absolute atomic E-state index is 11.8. The lowest BCUT2D eigenvalue weighted by molar-refractivity contribution is -0.119. The molecule has 0 bridgehead atoms. The summed E-state index contributed by atoms with van der Waals surface area (Å²) in [7, 11) is 3.31. The van der Waals surface area contributed by atoms with Crippen LogP contribution in [0.2, 0.25) is 0 Å². The zero-order valence-corrected chi connectivity index (χ0v) is 13.5. The second-order valence-corrected chi connectivity index (χ2v) is 5.23. The molecule has 0 saturated carbocycles. The van der Waals surface area contributed by atoms with Crippen LogP contribution in [0.25, 0.3) is 0 Å². The number of rotatable bonds is 5. The minimum absolute atomic E-state index is 0.0631. The predicted octanol–water partition coefficient (Wildman–Crippen LogP) is 1.48. The predicted molar refractivity (Wildman–Crippen MR) is 84.6 cm³/mol. The van der Waals surface area contributed by atoms with Gasteiger partial charge in [-0.1, -0.05) is 5.16 Å². The summed E-state index contributed by atoms with van der Waals surface area (Å²) in [4.78, 5) is 36.6. The van der Waals surface area contributed by atoms with E-state index in [4.69, 9.17) is 9.26 Å². The topological polar surface area (TPSA) is 102 Å². The third kappa shape index (κ3) is 4.42. The van der Waals surface area contributed by atoms with Crippen LogP contribution in [-0.4, -0.2) is 48.5 Å². The monoisotopic (exact) mass is 331 g/mol. The van der Waals surface area contributed by atoms with E-state index in [1.165, 1.54) is 11.0 Å². The molecule has 2 amide bonds. The van der Waals surface area contributed by atoms with Crippen molar-refractivity contribution in [2.45, 2.75) is 6.92 Å². The van der Waals surface area contributed by atoms with Gasteiger partial charge < -0.3 is 19.5 Å². The largest absolute Gasteiger partial charge is 0.450 e. The number of ether oxygens (including phenoxy) is 1. The maximum atomic E-state index is 11.8. The molecular formula is C16H17N3O5. The van der Waals surface area contributed by atoms with E-state index >= 15 is 0 Å². The lowest BCUT2D eigenvalue weighted by atomic mass is 10.2. The molecule has 2 rings (SSSR count). The fourth-order valence-electron chi connectivity index (χ4n) is 1.81. The van der Waals surface area contributed by atoms with E-state index in [2.05, 4.69) is 10.5 Å². The summed E-state index contributed by atoms with van der Waals surface area (Å²) in [5.41, 5.74) is 1.53. The summed E-state index contributed by atoms with van der Waals surface area (Å²) >= 11 is 0. The molecule has 24 heavy (non-hydrogen) atoms. The number of anilines is 1. The number of amides is 2. The molecule has 1 aromatic carbocycles. The SMILES string of the molecule is Cc1cc(C(=O)OCC(=O)Nc2ccc(C(=O)N(C)C)cc2)on1. The molecule has 0 spiro atoms. The lowest BCUT2D eigenvalue weighted by Gasteiger charge is -2.11. The molecule has 126 valence electrons. The van der Waals surface area contributed by atoms with E-state index in [1.807, 2.05) is 0 Å². The number of nitrogens with one attached hydrogen (secondary N) is 1. The number of aromatic nitrogens is 1. The standard InChI is InChI=1S/C16H17N3O5/c1-10-8-13(24-18-10)16(22)23-9-14(20)17-12-6-4-11(5-7-12)15(21)19(2)3/h4-8H,9H2,1-3H3,(H,17,20). The Bertz CT molecular complexity index is 749. The van der Waals surface area contributed by atoms with E-state index in [1.54, 1.807) is 45.3 Å². The van der Waals surface area contributed by atoms with Gasteiger partial charge in [-0.25, -0.2) is 4.79 Å². The Hall–Kier alpha value is -3.16. The number of carbonyl (C=O) groups is 3. The molecule has 1 N–H and O–H groups in total. The third-order valence-electron chi connectivity index (χ3n) is 2.99. The first-order chi connectivity index (χ1) is 11.4. The normalized spacial score (nSPS) is 10.1. The molecule has 0 saturated heterocycles. The molecule has 0 fully saturated rings. The van der Waals surface area contributed by atoms with Gasteiger partial charge in [0.1, 0.15) is 0 Å². The molecular weight excluding hydrogens is 314 g/mol. The van der Waals surface area contributed by atoms with Crippen LogP contribution in [-0.2, 0) is 9.53 Å². The van der Waals surface area contributed by atoms with Crippen LogP contribution in [0.15, 0.2) is 34.9 Å². The van der Waals surface area contributed by atoms with Crippen LogP contribution in [0.4, 0.5) is 5.69 Å². The van der Waals surface area contributed by atoms with Crippen LogP contribution in [0.5, 0.6) is 0 Å². The highest BCUT2D eigenvalue weighted by atomic mass is 16.6. The Morgan fingerprint density at radius 3 is 2.42 bits per heavy atom. The molecule has 0 aliphatic heterocycles. The molecule has 0 atom stereocenters. The van der Waals surface area contributed by atoms with Crippen molar-refractivity contribution < 1.29 is 23.6 Å². The summed E-state index contributed by atoms with van der Waals surface area (Å²) in [6.45, 7) is 1.20. The summed E-state index contributed by atoms with van der Waals surface area (Å²) in [6, 6.07) is 7.80. The Morgan fingerprint density at radius 1 is 1.21 bits per heavy atom. The summed E-state index contributed by atoms with van der Waals surface area (Å²) < 4.78 is 9.56. The van der Waals surface area contributed by atoms with Crippen molar-refractivity contribution in [1.82, 2.24) is 10.1 Å². The van der Waals surface area contributed by atoms with Gasteiger partial charge in [0.15, 0.2) is 6.61 Å². The first-order valence-corrected chi connectivity index (χ1v) is 7.09. The van der Waals surface area contributed by atoms with E-state index in [9.17, 15) is 14.4 Å². The quantitative estimate of drug-likeness (QED) is 0.833. The molecule has 8 heteroatoms. The molecule has 2 aromatic rings. The number of carbonyl (C=O) groups excluding carboxylic acids is 3. The van der Waals surface area contributed by atoms with Crippen LogP contribution in [0.1, 0.15) is 26.6 Å². The van der Waals surface area contributed by atoms with Crippen molar-refractivity contribution in [3.8, 4) is 0 Å². The van der Waals surface area contributed by atoms with Crippen molar-refractivity contribution in [1.29, 1.82) is 0 Å². The van der Waals surface area contributed by atoms with Gasteiger partial charge in [0, 0.05) is 31.4 Å². The number of aryl methyl sites for hydroxylation is 1. The molecule has 0 aliphatic rings. The van der Waals surface area contributed by atoms with Crippen molar-refractivity contribution in [3.63, 3.8) is 0 Å². The molecule has 1 aromatic heterocycles. The molecule has 1 heterocycles. The Morgan fingerprint density at radius 2 is 1.88 bits per heavy atom. The van der Waals surface area contributed by atoms with E-state index < -0.39 is 18.5 Å². The van der Waals surface area contributed by atoms with Crippen molar-refractivity contribution >= 4 is 23.5 Å². The molecule has 8 nitrogen and oxygen atoms in total. The smallest absolute Gasteiger partial charge is 0.377 e. The van der Waals surface area contributed by atoms with Crippen molar-refractivity contribution in [3.05, 3.63) is 47.3 Å². The van der Waals surface area contributed by atoms with E-state index in [-0.39, 0.29) is 11.7 Å². The second kappa shape index (κ2) is 7.40. The third-order valence-corrected chi connectivity index (χ3v) is 2.99.